The van der Waals surface area contributed by atoms with Crippen LogP contribution < -0.4 is 14.8 Å². The summed E-state index contributed by atoms with van der Waals surface area (Å²) in [6, 6.07) is 33.2. The Morgan fingerprint density at radius 2 is 1.45 bits per heavy atom. The first-order valence-corrected chi connectivity index (χ1v) is 12.8. The van der Waals surface area contributed by atoms with E-state index in [-0.39, 0.29) is 18.1 Å². The first kappa shape index (κ1) is 25.1. The average Bonchev–Trinajstić information content (AvgIpc) is 3.28. The van der Waals surface area contributed by atoms with Crippen molar-refractivity contribution >= 4 is 16.9 Å². The van der Waals surface area contributed by atoms with Crippen LogP contribution in [-0.4, -0.2) is 21.5 Å². The normalized spacial score (nSPS) is 11.9. The van der Waals surface area contributed by atoms with Crippen molar-refractivity contribution in [2.45, 2.75) is 39.5 Å². The van der Waals surface area contributed by atoms with Crippen LogP contribution in [0.15, 0.2) is 103 Å². The lowest BCUT2D eigenvalue weighted by molar-refractivity contribution is 0.0943. The van der Waals surface area contributed by atoms with Gasteiger partial charge in [0, 0.05) is 18.2 Å². The zero-order chi connectivity index (χ0) is 26.5. The quantitative estimate of drug-likeness (QED) is 0.231. The minimum atomic E-state index is -0.307. The molecule has 38 heavy (non-hydrogen) atoms. The standard InChI is InChI=1S/C32H31N3O3/c1-22(2)33-32(36)25-16-19-30-29(20-25)34-31(23(3)37-26-10-6-4-7-11-26)35(30)21-24-14-17-28(18-15-24)38-27-12-8-5-9-13-27/h4-20,22-23H,21H2,1-3H3,(H,33,36). The molecule has 0 radical (unpaired) electrons. The van der Waals surface area contributed by atoms with Gasteiger partial charge < -0.3 is 19.4 Å². The molecule has 5 rings (SSSR count). The number of fused-ring (bicyclic) bond motifs is 1. The summed E-state index contributed by atoms with van der Waals surface area (Å²) in [4.78, 5) is 17.6. The Morgan fingerprint density at radius 3 is 2.11 bits per heavy atom. The Morgan fingerprint density at radius 1 is 0.816 bits per heavy atom. The van der Waals surface area contributed by atoms with E-state index in [1.165, 1.54) is 0 Å². The highest BCUT2D eigenvalue weighted by molar-refractivity contribution is 5.97. The Hall–Kier alpha value is -4.58. The Labute approximate surface area is 222 Å². The fourth-order valence-corrected chi connectivity index (χ4v) is 4.34. The van der Waals surface area contributed by atoms with Gasteiger partial charge in [-0.3, -0.25) is 4.79 Å². The smallest absolute Gasteiger partial charge is 0.251 e. The van der Waals surface area contributed by atoms with Crippen molar-refractivity contribution in [3.8, 4) is 17.2 Å². The van der Waals surface area contributed by atoms with Gasteiger partial charge in [-0.2, -0.15) is 0 Å². The predicted octanol–water partition coefficient (Wildman–Crippen LogP) is 7.16. The number of nitrogens with zero attached hydrogens (tertiary/aromatic N) is 2. The molecule has 1 aromatic heterocycles. The third-order valence-corrected chi connectivity index (χ3v) is 6.12. The number of para-hydroxylation sites is 2. The summed E-state index contributed by atoms with van der Waals surface area (Å²) in [5, 5.41) is 2.95. The lowest BCUT2D eigenvalue weighted by Crippen LogP contribution is -2.29. The molecular weight excluding hydrogens is 474 g/mol. The number of carbonyl (C=O) groups is 1. The minimum absolute atomic E-state index is 0.0550. The molecule has 0 fully saturated rings. The van der Waals surface area contributed by atoms with Gasteiger partial charge in [0.25, 0.3) is 5.91 Å². The second kappa shape index (κ2) is 11.2. The first-order valence-electron chi connectivity index (χ1n) is 12.8. The van der Waals surface area contributed by atoms with Gasteiger partial charge in [-0.05, 0) is 80.9 Å². The topological polar surface area (TPSA) is 65.4 Å². The average molecular weight is 506 g/mol. The molecule has 1 N–H and O–H groups in total. The zero-order valence-corrected chi connectivity index (χ0v) is 21.8. The van der Waals surface area contributed by atoms with E-state index in [1.807, 2.05) is 112 Å². The second-order valence-corrected chi connectivity index (χ2v) is 9.52. The monoisotopic (exact) mass is 505 g/mol. The second-order valence-electron chi connectivity index (χ2n) is 9.52. The van der Waals surface area contributed by atoms with Crippen LogP contribution in [0.4, 0.5) is 0 Å². The van der Waals surface area contributed by atoms with E-state index < -0.39 is 0 Å². The third-order valence-electron chi connectivity index (χ3n) is 6.12. The van der Waals surface area contributed by atoms with Gasteiger partial charge in [-0.25, -0.2) is 4.98 Å². The maximum absolute atomic E-state index is 12.6. The number of rotatable bonds is 9. The van der Waals surface area contributed by atoms with Crippen molar-refractivity contribution in [1.82, 2.24) is 14.9 Å². The van der Waals surface area contributed by atoms with E-state index in [0.717, 1.165) is 39.7 Å². The molecule has 6 nitrogen and oxygen atoms in total. The third kappa shape index (κ3) is 5.86. The van der Waals surface area contributed by atoms with Gasteiger partial charge in [0.05, 0.1) is 11.0 Å². The molecular formula is C32H31N3O3. The molecule has 0 saturated heterocycles. The predicted molar refractivity (Wildman–Crippen MR) is 150 cm³/mol. The highest BCUT2D eigenvalue weighted by Crippen LogP contribution is 2.28. The van der Waals surface area contributed by atoms with E-state index >= 15 is 0 Å². The number of aromatic nitrogens is 2. The molecule has 0 aliphatic carbocycles. The summed E-state index contributed by atoms with van der Waals surface area (Å²) in [6.07, 6.45) is -0.307. The molecule has 1 heterocycles. The summed E-state index contributed by atoms with van der Waals surface area (Å²) < 4.78 is 14.3. The summed E-state index contributed by atoms with van der Waals surface area (Å²) in [7, 11) is 0. The highest BCUT2D eigenvalue weighted by Gasteiger charge is 2.20. The van der Waals surface area contributed by atoms with Crippen LogP contribution in [0, 0.1) is 0 Å². The molecule has 6 heteroatoms. The fourth-order valence-electron chi connectivity index (χ4n) is 4.34. The van der Waals surface area contributed by atoms with E-state index in [1.54, 1.807) is 0 Å². The van der Waals surface area contributed by atoms with E-state index in [0.29, 0.717) is 12.1 Å². The van der Waals surface area contributed by atoms with Crippen LogP contribution in [0.1, 0.15) is 48.6 Å². The van der Waals surface area contributed by atoms with E-state index in [2.05, 4.69) is 22.0 Å². The zero-order valence-electron chi connectivity index (χ0n) is 21.8. The fraction of sp³-hybridized carbons (Fsp3) is 0.188. The first-order chi connectivity index (χ1) is 18.5. The summed E-state index contributed by atoms with van der Waals surface area (Å²) in [5.41, 5.74) is 3.37. The van der Waals surface area contributed by atoms with Crippen LogP contribution in [-0.2, 0) is 6.54 Å². The van der Waals surface area contributed by atoms with Crippen LogP contribution in [0.5, 0.6) is 17.2 Å². The van der Waals surface area contributed by atoms with Crippen molar-refractivity contribution in [3.05, 3.63) is 120 Å². The van der Waals surface area contributed by atoms with Gasteiger partial charge in [-0.15, -0.1) is 0 Å². The SMILES string of the molecule is CC(C)NC(=O)c1ccc2c(c1)nc(C(C)Oc1ccccc1)n2Cc1ccc(Oc2ccccc2)cc1. The molecule has 1 unspecified atom stereocenters. The maximum Gasteiger partial charge on any atom is 0.251 e. The number of hydrogen-bond acceptors (Lipinski definition) is 4. The molecule has 192 valence electrons. The van der Waals surface area contributed by atoms with Crippen LogP contribution in [0.3, 0.4) is 0 Å². The number of imidazole rings is 1. The van der Waals surface area contributed by atoms with Crippen LogP contribution >= 0.6 is 0 Å². The number of nitrogens with one attached hydrogen (secondary N) is 1. The van der Waals surface area contributed by atoms with Crippen LogP contribution in [0.2, 0.25) is 0 Å². The molecule has 0 bridgehead atoms. The largest absolute Gasteiger partial charge is 0.483 e. The minimum Gasteiger partial charge on any atom is -0.483 e. The van der Waals surface area contributed by atoms with Gasteiger partial charge >= 0.3 is 0 Å². The number of carbonyl (C=O) groups excluding carboxylic acids is 1. The number of amides is 1. The van der Waals surface area contributed by atoms with E-state index in [9.17, 15) is 4.79 Å². The van der Waals surface area contributed by atoms with E-state index in [4.69, 9.17) is 14.5 Å². The number of hydrogen-bond donors (Lipinski definition) is 1. The molecule has 1 atom stereocenters. The van der Waals surface area contributed by atoms with Gasteiger partial charge in [-0.1, -0.05) is 48.5 Å². The highest BCUT2D eigenvalue weighted by atomic mass is 16.5. The summed E-state index contributed by atoms with van der Waals surface area (Å²) >= 11 is 0. The maximum atomic E-state index is 12.6. The van der Waals surface area contributed by atoms with Gasteiger partial charge in [0.15, 0.2) is 11.9 Å². The molecule has 1 amide bonds. The molecule has 4 aromatic carbocycles. The molecule has 0 saturated carbocycles. The Balaban J connectivity index is 1.46. The van der Waals surface area contributed by atoms with Gasteiger partial charge in [0.2, 0.25) is 0 Å². The van der Waals surface area contributed by atoms with Crippen molar-refractivity contribution in [3.63, 3.8) is 0 Å². The van der Waals surface area contributed by atoms with Crippen molar-refractivity contribution < 1.29 is 14.3 Å². The van der Waals surface area contributed by atoms with Crippen LogP contribution in [0.25, 0.3) is 11.0 Å². The van der Waals surface area contributed by atoms with Crippen molar-refractivity contribution in [2.75, 3.05) is 0 Å². The lowest BCUT2D eigenvalue weighted by atomic mass is 10.1. The molecule has 5 aromatic rings. The summed E-state index contributed by atoms with van der Waals surface area (Å²) in [6.45, 7) is 6.48. The number of benzene rings is 4. The van der Waals surface area contributed by atoms with Crippen molar-refractivity contribution in [2.24, 2.45) is 0 Å². The molecule has 0 aliphatic rings. The molecule has 0 aliphatic heterocycles. The van der Waals surface area contributed by atoms with Crippen molar-refractivity contribution in [1.29, 1.82) is 0 Å². The lowest BCUT2D eigenvalue weighted by Gasteiger charge is -2.17. The summed E-state index contributed by atoms with van der Waals surface area (Å²) in [5.74, 6) is 3.03. The Kier molecular flexibility index (Phi) is 7.40. The number of ether oxygens (including phenoxy) is 2. The van der Waals surface area contributed by atoms with Gasteiger partial charge in [0.1, 0.15) is 17.2 Å². The molecule has 0 spiro atoms. The Bertz CT molecular complexity index is 1510.